The molecule has 0 amide bonds. The molecule has 20 heavy (non-hydrogen) atoms. The van der Waals surface area contributed by atoms with E-state index in [4.69, 9.17) is 5.73 Å². The summed E-state index contributed by atoms with van der Waals surface area (Å²) in [6.45, 7) is 4.58. The van der Waals surface area contributed by atoms with E-state index < -0.39 is 9.84 Å². The molecule has 1 aromatic heterocycles. The second-order valence-corrected chi connectivity index (χ2v) is 8.98. The van der Waals surface area contributed by atoms with Crippen LogP contribution in [0.1, 0.15) is 23.5 Å². The fraction of sp³-hybridized carbons (Fsp3) is 0.583. The van der Waals surface area contributed by atoms with Gasteiger partial charge in [-0.15, -0.1) is 11.3 Å². The highest BCUT2D eigenvalue weighted by Gasteiger charge is 2.30. The zero-order chi connectivity index (χ0) is 14.9. The summed E-state index contributed by atoms with van der Waals surface area (Å²) in [5.41, 5.74) is 6.07. The highest BCUT2D eigenvalue weighted by atomic mass is 32.2. The molecule has 2 rings (SSSR count). The summed E-state index contributed by atoms with van der Waals surface area (Å²) in [5, 5.41) is 0.634. The van der Waals surface area contributed by atoms with E-state index in [1.807, 2.05) is 16.7 Å². The number of carbonyl (C=O) groups excluding carboxylic acids is 1. The number of Topliss-reactive ketones (excluding diaryl/α,β-unsaturated/α-hetero) is 1. The van der Waals surface area contributed by atoms with Crippen LogP contribution in [0.25, 0.3) is 0 Å². The first kappa shape index (κ1) is 15.7. The third-order valence-corrected chi connectivity index (χ3v) is 7.43. The van der Waals surface area contributed by atoms with Crippen LogP contribution >= 0.6 is 23.1 Å². The van der Waals surface area contributed by atoms with Crippen LogP contribution in [0.4, 0.5) is 10.7 Å². The zero-order valence-electron chi connectivity index (χ0n) is 11.5. The van der Waals surface area contributed by atoms with E-state index in [1.165, 1.54) is 18.3 Å². The van der Waals surface area contributed by atoms with Gasteiger partial charge in [0.2, 0.25) is 0 Å². The van der Waals surface area contributed by atoms with E-state index in [0.29, 0.717) is 9.88 Å². The molecule has 2 N–H and O–H groups in total. The Hall–Kier alpha value is -0.730. The maximum absolute atomic E-state index is 12.3. The molecular formula is C12H18N2O3S3. The van der Waals surface area contributed by atoms with Crippen LogP contribution in [0.3, 0.4) is 0 Å². The van der Waals surface area contributed by atoms with Crippen molar-refractivity contribution in [3.8, 4) is 0 Å². The summed E-state index contributed by atoms with van der Waals surface area (Å²) in [7, 11) is -3.44. The molecule has 1 aliphatic rings. The molecule has 0 unspecified atom stereocenters. The third-order valence-electron chi connectivity index (χ3n) is 3.19. The average Bonchev–Trinajstić information content (AvgIpc) is 2.78. The molecule has 0 spiro atoms. The maximum Gasteiger partial charge on any atom is 0.183 e. The van der Waals surface area contributed by atoms with E-state index in [9.17, 15) is 13.2 Å². The van der Waals surface area contributed by atoms with E-state index in [-0.39, 0.29) is 22.1 Å². The molecule has 0 aromatic carbocycles. The van der Waals surface area contributed by atoms with Gasteiger partial charge in [0, 0.05) is 31.5 Å². The molecule has 2 heterocycles. The van der Waals surface area contributed by atoms with Crippen molar-refractivity contribution in [2.45, 2.75) is 18.7 Å². The molecule has 5 nitrogen and oxygen atoms in total. The Morgan fingerprint density at radius 3 is 2.45 bits per heavy atom. The number of sulfone groups is 1. The summed E-state index contributed by atoms with van der Waals surface area (Å²) in [6.07, 6.45) is 0. The van der Waals surface area contributed by atoms with Crippen molar-refractivity contribution in [2.75, 3.05) is 41.0 Å². The number of carbonyl (C=O) groups is 1. The fourth-order valence-corrected chi connectivity index (χ4v) is 5.76. The normalized spacial score (nSPS) is 16.4. The Balaban J connectivity index is 2.59. The van der Waals surface area contributed by atoms with Crippen molar-refractivity contribution < 1.29 is 13.2 Å². The Morgan fingerprint density at radius 1 is 1.35 bits per heavy atom. The predicted octanol–water partition coefficient (Wildman–Crippen LogP) is 1.88. The number of nitrogens with zero attached hydrogens (tertiary/aromatic N) is 1. The molecule has 1 saturated heterocycles. The molecule has 1 aromatic rings. The van der Waals surface area contributed by atoms with Crippen LogP contribution in [0, 0.1) is 0 Å². The quantitative estimate of drug-likeness (QED) is 0.847. The molecule has 0 atom stereocenters. The Bertz CT molecular complexity index is 616. The van der Waals surface area contributed by atoms with Crippen LogP contribution in [0.2, 0.25) is 0 Å². The van der Waals surface area contributed by atoms with Crippen molar-refractivity contribution >= 4 is 49.4 Å². The monoisotopic (exact) mass is 334 g/mol. The van der Waals surface area contributed by atoms with Gasteiger partial charge in [-0.3, -0.25) is 4.79 Å². The summed E-state index contributed by atoms with van der Waals surface area (Å²) in [4.78, 5) is 14.2. The van der Waals surface area contributed by atoms with Gasteiger partial charge in [-0.05, 0) is 0 Å². The van der Waals surface area contributed by atoms with Gasteiger partial charge in [0.25, 0.3) is 0 Å². The number of thiophene rings is 1. The number of anilines is 2. The Labute approximate surface area is 127 Å². The minimum atomic E-state index is -3.44. The van der Waals surface area contributed by atoms with Gasteiger partial charge in [-0.2, -0.15) is 11.8 Å². The summed E-state index contributed by atoms with van der Waals surface area (Å²) in [6, 6.07) is 0. The Kier molecular flexibility index (Phi) is 4.66. The van der Waals surface area contributed by atoms with Gasteiger partial charge in [0.1, 0.15) is 9.90 Å². The molecule has 0 bridgehead atoms. The standard InChI is InChI=1S/C12H18N2O3S3/c1-3-20(16,17)11-9(13)10(8(2)15)19-12(11)14-4-6-18-7-5-14/h3-7,13H2,1-2H3. The lowest BCUT2D eigenvalue weighted by Gasteiger charge is -2.28. The molecule has 0 aliphatic carbocycles. The first-order valence-corrected chi connectivity index (χ1v) is 9.99. The Morgan fingerprint density at radius 2 is 1.95 bits per heavy atom. The van der Waals surface area contributed by atoms with Crippen molar-refractivity contribution in [3.05, 3.63) is 4.88 Å². The van der Waals surface area contributed by atoms with E-state index >= 15 is 0 Å². The predicted molar refractivity (Wildman–Crippen MR) is 86.0 cm³/mol. The minimum absolute atomic E-state index is 0.0130. The lowest BCUT2D eigenvalue weighted by molar-refractivity contribution is 0.102. The molecule has 1 fully saturated rings. The fourth-order valence-electron chi connectivity index (χ4n) is 2.10. The number of nitrogens with two attached hydrogens (primary N) is 1. The highest BCUT2D eigenvalue weighted by Crippen LogP contribution is 2.42. The first-order valence-electron chi connectivity index (χ1n) is 6.37. The number of hydrogen-bond donors (Lipinski definition) is 1. The average molecular weight is 334 g/mol. The van der Waals surface area contributed by atoms with Gasteiger partial charge in [-0.25, -0.2) is 8.42 Å². The molecule has 1 aliphatic heterocycles. The van der Waals surface area contributed by atoms with Gasteiger partial charge in [0.05, 0.1) is 16.3 Å². The highest BCUT2D eigenvalue weighted by molar-refractivity contribution is 7.99. The third kappa shape index (κ3) is 2.82. The van der Waals surface area contributed by atoms with Crippen LogP contribution in [0.15, 0.2) is 4.90 Å². The summed E-state index contributed by atoms with van der Waals surface area (Å²) in [5.74, 6) is 1.72. The van der Waals surface area contributed by atoms with Crippen molar-refractivity contribution in [2.24, 2.45) is 0 Å². The van der Waals surface area contributed by atoms with Gasteiger partial charge < -0.3 is 10.6 Å². The maximum atomic E-state index is 12.3. The van der Waals surface area contributed by atoms with Crippen molar-refractivity contribution in [1.82, 2.24) is 0 Å². The van der Waals surface area contributed by atoms with E-state index in [0.717, 1.165) is 24.6 Å². The van der Waals surface area contributed by atoms with E-state index in [1.54, 1.807) is 6.92 Å². The van der Waals surface area contributed by atoms with Crippen LogP contribution in [-0.2, 0) is 9.84 Å². The first-order chi connectivity index (χ1) is 9.38. The number of rotatable bonds is 4. The second kappa shape index (κ2) is 5.95. The molecular weight excluding hydrogens is 316 g/mol. The van der Waals surface area contributed by atoms with Crippen molar-refractivity contribution in [1.29, 1.82) is 0 Å². The zero-order valence-corrected chi connectivity index (χ0v) is 14.0. The van der Waals surface area contributed by atoms with E-state index in [2.05, 4.69) is 0 Å². The molecule has 0 saturated carbocycles. The second-order valence-electron chi connectivity index (χ2n) is 4.54. The smallest absolute Gasteiger partial charge is 0.183 e. The largest absolute Gasteiger partial charge is 0.396 e. The lowest BCUT2D eigenvalue weighted by atomic mass is 10.3. The number of thioether (sulfide) groups is 1. The number of hydrogen-bond acceptors (Lipinski definition) is 7. The lowest BCUT2D eigenvalue weighted by Crippen LogP contribution is -2.32. The molecule has 8 heteroatoms. The van der Waals surface area contributed by atoms with Crippen molar-refractivity contribution in [3.63, 3.8) is 0 Å². The summed E-state index contributed by atoms with van der Waals surface area (Å²) < 4.78 is 24.6. The topological polar surface area (TPSA) is 80.5 Å². The minimum Gasteiger partial charge on any atom is -0.396 e. The molecule has 0 radical (unpaired) electrons. The van der Waals surface area contributed by atoms with Gasteiger partial charge >= 0.3 is 0 Å². The summed E-state index contributed by atoms with van der Waals surface area (Å²) >= 11 is 3.05. The van der Waals surface area contributed by atoms with Gasteiger partial charge in [-0.1, -0.05) is 6.92 Å². The van der Waals surface area contributed by atoms with Crippen LogP contribution < -0.4 is 10.6 Å². The number of nitrogen functional groups attached to an aromatic ring is 1. The van der Waals surface area contributed by atoms with Gasteiger partial charge in [0.15, 0.2) is 15.6 Å². The number of ketones is 1. The van der Waals surface area contributed by atoms with Crippen LogP contribution in [-0.4, -0.2) is 44.5 Å². The SMILES string of the molecule is CCS(=O)(=O)c1c(N2CCSCC2)sc(C(C)=O)c1N. The molecule has 112 valence electrons. The van der Waals surface area contributed by atoms with Crippen LogP contribution in [0.5, 0.6) is 0 Å².